The summed E-state index contributed by atoms with van der Waals surface area (Å²) in [5.74, 6) is -0.740. The Kier molecular flexibility index (Phi) is 6.75. The van der Waals surface area contributed by atoms with Gasteiger partial charge in [0.15, 0.2) is 5.82 Å². The zero-order valence-electron chi connectivity index (χ0n) is 19.4. The number of nitrogens with one attached hydrogen (secondary N) is 1. The van der Waals surface area contributed by atoms with Gasteiger partial charge in [0.2, 0.25) is 5.91 Å². The third-order valence-corrected chi connectivity index (χ3v) is 6.45. The van der Waals surface area contributed by atoms with Crippen molar-refractivity contribution in [3.63, 3.8) is 0 Å². The quantitative estimate of drug-likeness (QED) is 0.566. The lowest BCUT2D eigenvalue weighted by atomic mass is 9.99. The number of benzene rings is 2. The number of amides is 2. The number of nitrogens with zero attached hydrogens (tertiary/aromatic N) is 4. The Hall–Kier alpha value is -4.08. The molecule has 0 saturated carbocycles. The van der Waals surface area contributed by atoms with Crippen LogP contribution in [0.1, 0.15) is 23.2 Å². The smallest absolute Gasteiger partial charge is 0.256 e. The van der Waals surface area contributed by atoms with E-state index in [0.29, 0.717) is 50.5 Å². The summed E-state index contributed by atoms with van der Waals surface area (Å²) in [4.78, 5) is 28.6. The molecule has 1 aromatic heterocycles. The summed E-state index contributed by atoms with van der Waals surface area (Å²) in [6, 6.07) is 13.8. The Balaban J connectivity index is 1.07. The molecule has 2 fully saturated rings. The van der Waals surface area contributed by atoms with Crippen LogP contribution in [0.15, 0.2) is 60.8 Å². The van der Waals surface area contributed by atoms with Crippen LogP contribution in [-0.2, 0) is 4.79 Å². The number of rotatable bonds is 6. The number of carbonyl (C=O) groups is 2. The van der Waals surface area contributed by atoms with Crippen molar-refractivity contribution < 1.29 is 23.1 Å². The van der Waals surface area contributed by atoms with E-state index in [1.54, 1.807) is 35.4 Å². The van der Waals surface area contributed by atoms with Crippen LogP contribution in [0.3, 0.4) is 0 Å². The van der Waals surface area contributed by atoms with E-state index in [1.165, 1.54) is 6.07 Å². The predicted octanol–water partition coefficient (Wildman–Crippen LogP) is 3.51. The molecule has 5 rings (SSSR count). The minimum absolute atomic E-state index is 0.0431. The summed E-state index contributed by atoms with van der Waals surface area (Å²) in [5, 5.41) is 10.8. The molecule has 1 N–H and O–H groups in total. The Morgan fingerprint density at radius 2 is 1.75 bits per heavy atom. The van der Waals surface area contributed by atoms with Gasteiger partial charge in [0.25, 0.3) is 5.91 Å². The fraction of sp³-hybridized carbons (Fsp3) is 0.308. The fourth-order valence-corrected chi connectivity index (χ4v) is 4.36. The highest BCUT2D eigenvalue weighted by molar-refractivity contribution is 5.95. The zero-order valence-corrected chi connectivity index (χ0v) is 19.4. The second-order valence-electron chi connectivity index (χ2n) is 8.93. The highest BCUT2D eigenvalue weighted by Gasteiger charge is 2.33. The maximum absolute atomic E-state index is 13.9. The summed E-state index contributed by atoms with van der Waals surface area (Å²) in [7, 11) is 0. The minimum Gasteiger partial charge on any atom is -0.490 e. The molecule has 2 aliphatic heterocycles. The van der Waals surface area contributed by atoms with Gasteiger partial charge < -0.3 is 19.9 Å². The molecule has 2 amide bonds. The first-order chi connectivity index (χ1) is 17.5. The number of ether oxygens (including phenoxy) is 1. The first-order valence-electron chi connectivity index (χ1n) is 11.8. The Labute approximate surface area is 206 Å². The number of hydrogen-bond acceptors (Lipinski definition) is 6. The van der Waals surface area contributed by atoms with E-state index in [9.17, 15) is 18.4 Å². The van der Waals surface area contributed by atoms with Gasteiger partial charge in [-0.05, 0) is 48.5 Å². The van der Waals surface area contributed by atoms with E-state index in [1.807, 2.05) is 17.0 Å². The molecule has 2 aromatic carbocycles. The van der Waals surface area contributed by atoms with Crippen LogP contribution >= 0.6 is 0 Å². The van der Waals surface area contributed by atoms with E-state index < -0.39 is 17.5 Å². The van der Waals surface area contributed by atoms with Gasteiger partial charge >= 0.3 is 0 Å². The van der Waals surface area contributed by atoms with Crippen molar-refractivity contribution >= 4 is 23.3 Å². The van der Waals surface area contributed by atoms with Crippen molar-refractivity contribution in [2.75, 3.05) is 36.4 Å². The number of aromatic nitrogens is 2. The first-order valence-corrected chi connectivity index (χ1v) is 11.8. The van der Waals surface area contributed by atoms with Crippen LogP contribution < -0.4 is 15.0 Å². The van der Waals surface area contributed by atoms with Crippen LogP contribution in [0.5, 0.6) is 5.75 Å². The Morgan fingerprint density at radius 1 is 1.00 bits per heavy atom. The molecule has 8 nitrogen and oxygen atoms in total. The van der Waals surface area contributed by atoms with Crippen molar-refractivity contribution in [2.24, 2.45) is 5.92 Å². The number of hydrogen-bond donors (Lipinski definition) is 1. The number of likely N-dealkylation sites (tertiary alicyclic amines) is 1. The molecule has 0 spiro atoms. The topological polar surface area (TPSA) is 87.7 Å². The SMILES string of the molecule is O=C(Nc1ccc(OC2CCN(C(=O)c3ccc(F)cc3F)CC2)cc1)C1CN(c2cccnn2)C1. The van der Waals surface area contributed by atoms with E-state index in [0.717, 1.165) is 18.0 Å². The van der Waals surface area contributed by atoms with E-state index in [4.69, 9.17) is 4.74 Å². The molecule has 0 radical (unpaired) electrons. The largest absolute Gasteiger partial charge is 0.490 e. The molecule has 3 heterocycles. The van der Waals surface area contributed by atoms with E-state index >= 15 is 0 Å². The molecule has 0 unspecified atom stereocenters. The monoisotopic (exact) mass is 493 g/mol. The maximum atomic E-state index is 13.9. The fourth-order valence-electron chi connectivity index (χ4n) is 4.36. The van der Waals surface area contributed by atoms with Crippen LogP contribution in [0, 0.1) is 17.6 Å². The summed E-state index contributed by atoms with van der Waals surface area (Å²) < 4.78 is 33.1. The summed E-state index contributed by atoms with van der Waals surface area (Å²) in [5.41, 5.74) is 0.559. The Morgan fingerprint density at radius 3 is 2.42 bits per heavy atom. The third-order valence-electron chi connectivity index (χ3n) is 6.45. The molecule has 0 bridgehead atoms. The van der Waals surface area contributed by atoms with Gasteiger partial charge in [0.05, 0.1) is 11.5 Å². The highest BCUT2D eigenvalue weighted by Crippen LogP contribution is 2.25. The minimum atomic E-state index is -0.856. The first kappa shape index (κ1) is 23.7. The highest BCUT2D eigenvalue weighted by atomic mass is 19.1. The molecule has 3 aromatic rings. The van der Waals surface area contributed by atoms with Gasteiger partial charge in [-0.2, -0.15) is 5.10 Å². The summed E-state index contributed by atoms with van der Waals surface area (Å²) >= 11 is 0. The number of piperidine rings is 1. The molecule has 0 atom stereocenters. The summed E-state index contributed by atoms with van der Waals surface area (Å²) in [6.07, 6.45) is 2.71. The molecule has 2 aliphatic rings. The van der Waals surface area contributed by atoms with Crippen molar-refractivity contribution in [1.82, 2.24) is 15.1 Å². The average Bonchev–Trinajstić information content (AvgIpc) is 2.85. The molecular weight excluding hydrogens is 468 g/mol. The lowest BCUT2D eigenvalue weighted by Crippen LogP contribution is -2.52. The second kappa shape index (κ2) is 10.3. The van der Waals surface area contributed by atoms with Crippen molar-refractivity contribution in [3.05, 3.63) is 78.0 Å². The lowest BCUT2D eigenvalue weighted by Gasteiger charge is -2.38. The predicted molar refractivity (Wildman–Crippen MR) is 129 cm³/mol. The zero-order chi connectivity index (χ0) is 25.1. The standard InChI is InChI=1S/C26H25F2N5O3/c27-18-3-8-22(23(28)14-18)26(35)32-12-9-21(10-13-32)36-20-6-4-19(5-7-20)30-25(34)17-15-33(16-17)24-2-1-11-29-31-24/h1-8,11,14,17,21H,9-10,12-13,15-16H2,(H,30,34). The normalized spacial score (nSPS) is 16.4. The van der Waals surface area contributed by atoms with Crippen LogP contribution in [-0.4, -0.2) is 59.2 Å². The van der Waals surface area contributed by atoms with Crippen LogP contribution in [0.25, 0.3) is 0 Å². The lowest BCUT2D eigenvalue weighted by molar-refractivity contribution is -0.120. The third kappa shape index (κ3) is 5.27. The Bertz CT molecular complexity index is 1230. The van der Waals surface area contributed by atoms with E-state index in [-0.39, 0.29) is 23.5 Å². The molecule has 2 saturated heterocycles. The molecule has 186 valence electrons. The maximum Gasteiger partial charge on any atom is 0.256 e. The van der Waals surface area contributed by atoms with Crippen LogP contribution in [0.2, 0.25) is 0 Å². The van der Waals surface area contributed by atoms with Crippen molar-refractivity contribution in [1.29, 1.82) is 0 Å². The van der Waals surface area contributed by atoms with Gasteiger partial charge in [-0.3, -0.25) is 9.59 Å². The molecule has 10 heteroatoms. The van der Waals surface area contributed by atoms with Gasteiger partial charge in [0.1, 0.15) is 23.5 Å². The number of halogens is 2. The van der Waals surface area contributed by atoms with Crippen molar-refractivity contribution in [3.8, 4) is 5.75 Å². The second-order valence-corrected chi connectivity index (χ2v) is 8.93. The summed E-state index contributed by atoms with van der Waals surface area (Å²) in [6.45, 7) is 2.03. The van der Waals surface area contributed by atoms with Gasteiger partial charge in [0, 0.05) is 57.0 Å². The average molecular weight is 494 g/mol. The van der Waals surface area contributed by atoms with Crippen LogP contribution in [0.4, 0.5) is 20.3 Å². The van der Waals surface area contributed by atoms with E-state index in [2.05, 4.69) is 15.5 Å². The molecule has 0 aliphatic carbocycles. The molecular formula is C26H25F2N5O3. The molecule has 36 heavy (non-hydrogen) atoms. The van der Waals surface area contributed by atoms with Gasteiger partial charge in [-0.1, -0.05) is 0 Å². The van der Waals surface area contributed by atoms with Gasteiger partial charge in [-0.25, -0.2) is 8.78 Å². The number of anilines is 2. The number of carbonyl (C=O) groups excluding carboxylic acids is 2. The van der Waals surface area contributed by atoms with Crippen molar-refractivity contribution in [2.45, 2.75) is 18.9 Å². The van der Waals surface area contributed by atoms with Gasteiger partial charge in [-0.15, -0.1) is 5.10 Å².